The standard InChI is InChI=1S/C19H26N4O2S/c1-21-19(25)23(16-6-2-3-7-16)18(20-21)15-5-4-9-22(12-15)17(24)11-14-8-10-26-13-14/h8,10,13,15-16H,2-7,9,11-12H2,1H3. The maximum atomic E-state index is 12.7. The number of aryl methyl sites for hydroxylation is 1. The predicted molar refractivity (Wildman–Crippen MR) is 102 cm³/mol. The quantitative estimate of drug-likeness (QED) is 0.827. The van der Waals surface area contributed by atoms with Crippen molar-refractivity contribution < 1.29 is 4.79 Å². The molecule has 0 radical (unpaired) electrons. The third-order valence-corrected chi connectivity index (χ3v) is 6.48. The van der Waals surface area contributed by atoms with Crippen molar-refractivity contribution in [2.75, 3.05) is 13.1 Å². The number of piperidine rings is 1. The molecule has 1 aliphatic heterocycles. The SMILES string of the molecule is Cn1nc(C2CCCN(C(=O)Cc3ccsc3)C2)n(C2CCCC2)c1=O. The fourth-order valence-electron chi connectivity index (χ4n) is 4.38. The molecule has 2 aromatic heterocycles. The molecule has 4 rings (SSSR count). The van der Waals surface area contributed by atoms with Gasteiger partial charge in [0.25, 0.3) is 0 Å². The van der Waals surface area contributed by atoms with E-state index in [1.807, 2.05) is 26.3 Å². The summed E-state index contributed by atoms with van der Waals surface area (Å²) in [5.41, 5.74) is 1.08. The van der Waals surface area contributed by atoms with E-state index >= 15 is 0 Å². The molecule has 1 saturated carbocycles. The van der Waals surface area contributed by atoms with Crippen molar-refractivity contribution in [3.63, 3.8) is 0 Å². The van der Waals surface area contributed by atoms with E-state index in [2.05, 4.69) is 5.10 Å². The van der Waals surface area contributed by atoms with Crippen LogP contribution < -0.4 is 5.69 Å². The second-order valence-corrected chi connectivity index (χ2v) is 8.34. The van der Waals surface area contributed by atoms with Gasteiger partial charge in [-0.3, -0.25) is 9.36 Å². The average Bonchev–Trinajstić information content (AvgIpc) is 3.38. The molecular formula is C19H26N4O2S. The summed E-state index contributed by atoms with van der Waals surface area (Å²) in [5.74, 6) is 1.22. The van der Waals surface area contributed by atoms with Crippen molar-refractivity contribution in [2.45, 2.75) is 56.9 Å². The van der Waals surface area contributed by atoms with Crippen LogP contribution in [0.3, 0.4) is 0 Å². The number of nitrogens with zero attached hydrogens (tertiary/aromatic N) is 4. The number of rotatable bonds is 4. The van der Waals surface area contributed by atoms with Crippen molar-refractivity contribution in [2.24, 2.45) is 7.05 Å². The zero-order valence-electron chi connectivity index (χ0n) is 15.3. The van der Waals surface area contributed by atoms with Crippen LogP contribution in [-0.4, -0.2) is 38.2 Å². The van der Waals surface area contributed by atoms with Crippen LogP contribution in [0.2, 0.25) is 0 Å². The largest absolute Gasteiger partial charge is 0.345 e. The molecule has 0 aromatic carbocycles. The van der Waals surface area contributed by atoms with E-state index in [0.717, 1.165) is 43.6 Å². The van der Waals surface area contributed by atoms with Crippen molar-refractivity contribution in [3.05, 3.63) is 38.7 Å². The van der Waals surface area contributed by atoms with Crippen LogP contribution in [0.4, 0.5) is 0 Å². The number of aromatic nitrogens is 3. The van der Waals surface area contributed by atoms with Gasteiger partial charge in [0.1, 0.15) is 5.82 Å². The highest BCUT2D eigenvalue weighted by Crippen LogP contribution is 2.33. The number of thiophene rings is 1. The second-order valence-electron chi connectivity index (χ2n) is 7.56. The van der Waals surface area contributed by atoms with Gasteiger partial charge in [-0.15, -0.1) is 0 Å². The molecule has 2 fully saturated rings. The van der Waals surface area contributed by atoms with Crippen molar-refractivity contribution >= 4 is 17.2 Å². The van der Waals surface area contributed by atoms with Gasteiger partial charge in [0.15, 0.2) is 0 Å². The molecule has 0 N–H and O–H groups in total. The maximum absolute atomic E-state index is 12.7. The molecule has 3 heterocycles. The van der Waals surface area contributed by atoms with Gasteiger partial charge >= 0.3 is 5.69 Å². The van der Waals surface area contributed by atoms with Gasteiger partial charge in [-0.25, -0.2) is 9.48 Å². The van der Waals surface area contributed by atoms with Gasteiger partial charge in [-0.2, -0.15) is 16.4 Å². The van der Waals surface area contributed by atoms with Crippen LogP contribution in [0.1, 0.15) is 61.9 Å². The van der Waals surface area contributed by atoms with E-state index < -0.39 is 0 Å². The fourth-order valence-corrected chi connectivity index (χ4v) is 5.05. The number of carbonyl (C=O) groups excluding carboxylic acids is 1. The first kappa shape index (κ1) is 17.5. The summed E-state index contributed by atoms with van der Waals surface area (Å²) >= 11 is 1.62. The third-order valence-electron chi connectivity index (χ3n) is 5.75. The first-order valence-electron chi connectivity index (χ1n) is 9.58. The van der Waals surface area contributed by atoms with E-state index in [-0.39, 0.29) is 23.6 Å². The lowest BCUT2D eigenvalue weighted by molar-refractivity contribution is -0.131. The van der Waals surface area contributed by atoms with E-state index in [1.54, 1.807) is 18.4 Å². The van der Waals surface area contributed by atoms with Gasteiger partial charge < -0.3 is 4.90 Å². The Morgan fingerprint density at radius 1 is 1.27 bits per heavy atom. The highest BCUT2D eigenvalue weighted by molar-refractivity contribution is 7.08. The zero-order valence-corrected chi connectivity index (χ0v) is 16.1. The molecule has 1 aliphatic carbocycles. The molecule has 1 saturated heterocycles. The number of hydrogen-bond donors (Lipinski definition) is 0. The molecule has 140 valence electrons. The molecule has 0 spiro atoms. The minimum atomic E-state index is -0.00590. The van der Waals surface area contributed by atoms with Crippen LogP contribution in [0, 0.1) is 0 Å². The van der Waals surface area contributed by atoms with E-state index in [1.165, 1.54) is 17.5 Å². The molecule has 2 aliphatic rings. The average molecular weight is 375 g/mol. The van der Waals surface area contributed by atoms with Crippen LogP contribution in [0.15, 0.2) is 21.6 Å². The number of carbonyl (C=O) groups is 1. The minimum Gasteiger partial charge on any atom is -0.342 e. The molecule has 1 amide bonds. The van der Waals surface area contributed by atoms with Crippen molar-refractivity contribution in [1.29, 1.82) is 0 Å². The highest BCUT2D eigenvalue weighted by atomic mass is 32.1. The maximum Gasteiger partial charge on any atom is 0.345 e. The topological polar surface area (TPSA) is 60.1 Å². The molecular weight excluding hydrogens is 348 g/mol. The summed E-state index contributed by atoms with van der Waals surface area (Å²) in [6, 6.07) is 2.30. The van der Waals surface area contributed by atoms with E-state index in [9.17, 15) is 9.59 Å². The van der Waals surface area contributed by atoms with Crippen LogP contribution in [0.25, 0.3) is 0 Å². The first-order valence-corrected chi connectivity index (χ1v) is 10.5. The van der Waals surface area contributed by atoms with Gasteiger partial charge in [0.2, 0.25) is 5.91 Å². The molecule has 0 bridgehead atoms. The second kappa shape index (κ2) is 7.39. The Kier molecular flexibility index (Phi) is 4.98. The molecule has 7 heteroatoms. The van der Waals surface area contributed by atoms with E-state index in [4.69, 9.17) is 0 Å². The van der Waals surface area contributed by atoms with Crippen molar-refractivity contribution in [3.8, 4) is 0 Å². The lowest BCUT2D eigenvalue weighted by Crippen LogP contribution is -2.41. The summed E-state index contributed by atoms with van der Waals surface area (Å²) in [7, 11) is 1.74. The first-order chi connectivity index (χ1) is 12.6. The van der Waals surface area contributed by atoms with Crippen LogP contribution in [-0.2, 0) is 18.3 Å². The molecule has 26 heavy (non-hydrogen) atoms. The number of amides is 1. The summed E-state index contributed by atoms with van der Waals surface area (Å²) in [5, 5.41) is 8.63. The summed E-state index contributed by atoms with van der Waals surface area (Å²) < 4.78 is 3.41. The smallest absolute Gasteiger partial charge is 0.342 e. The zero-order chi connectivity index (χ0) is 18.1. The fraction of sp³-hybridized carbons (Fsp3) is 0.632. The Bertz CT molecular complexity index is 817. The van der Waals surface area contributed by atoms with Crippen LogP contribution >= 0.6 is 11.3 Å². The van der Waals surface area contributed by atoms with Crippen LogP contribution in [0.5, 0.6) is 0 Å². The lowest BCUT2D eigenvalue weighted by atomic mass is 9.96. The summed E-state index contributed by atoms with van der Waals surface area (Å²) in [6.45, 7) is 1.48. The van der Waals surface area contributed by atoms with Gasteiger partial charge in [-0.1, -0.05) is 12.8 Å². The summed E-state index contributed by atoms with van der Waals surface area (Å²) in [4.78, 5) is 27.3. The normalized spacial score (nSPS) is 21.4. The van der Waals surface area contributed by atoms with E-state index in [0.29, 0.717) is 13.0 Å². The van der Waals surface area contributed by atoms with Gasteiger partial charge in [0, 0.05) is 32.1 Å². The highest BCUT2D eigenvalue weighted by Gasteiger charge is 2.32. The van der Waals surface area contributed by atoms with Gasteiger partial charge in [0.05, 0.1) is 6.42 Å². The number of hydrogen-bond acceptors (Lipinski definition) is 4. The third kappa shape index (κ3) is 3.37. The predicted octanol–water partition coefficient (Wildman–Crippen LogP) is 2.71. The Morgan fingerprint density at radius 3 is 2.81 bits per heavy atom. The van der Waals surface area contributed by atoms with Gasteiger partial charge in [-0.05, 0) is 48.1 Å². The summed E-state index contributed by atoms with van der Waals surface area (Å²) in [6.07, 6.45) is 6.91. The molecule has 6 nitrogen and oxygen atoms in total. The Morgan fingerprint density at radius 2 is 2.08 bits per heavy atom. The number of likely N-dealkylation sites (tertiary alicyclic amines) is 1. The Balaban J connectivity index is 1.53. The molecule has 1 atom stereocenters. The Labute approximate surface area is 157 Å². The van der Waals surface area contributed by atoms with Crippen molar-refractivity contribution in [1.82, 2.24) is 19.2 Å². The monoisotopic (exact) mass is 374 g/mol. The molecule has 1 unspecified atom stereocenters. The molecule has 2 aromatic rings. The Hall–Kier alpha value is -1.89. The lowest BCUT2D eigenvalue weighted by Gasteiger charge is -2.33. The minimum absolute atomic E-state index is 0.00590.